The highest BCUT2D eigenvalue weighted by atomic mass is 19.4. The molecule has 3 atom stereocenters. The maximum Gasteiger partial charge on any atom is 0.417 e. The minimum Gasteiger partial charge on any atom is -0.417 e. The number of halogens is 5. The van der Waals surface area contributed by atoms with E-state index in [1.807, 2.05) is 30.3 Å². The fourth-order valence-electron chi connectivity index (χ4n) is 4.58. The van der Waals surface area contributed by atoms with Gasteiger partial charge >= 0.3 is 12.8 Å². The molecule has 0 radical (unpaired) electrons. The summed E-state index contributed by atoms with van der Waals surface area (Å²) in [5, 5.41) is 0. The summed E-state index contributed by atoms with van der Waals surface area (Å²) in [4.78, 5) is 9.52. The Morgan fingerprint density at radius 3 is 2.63 bits per heavy atom. The lowest BCUT2D eigenvalue weighted by Gasteiger charge is -2.40. The Balaban J connectivity index is 1.67. The summed E-state index contributed by atoms with van der Waals surface area (Å²) in [6.45, 7) is -3.20. The largest absolute Gasteiger partial charge is 0.417 e. The number of nitrogens with zero attached hydrogens (tertiary/aromatic N) is 1. The van der Waals surface area contributed by atoms with E-state index < -0.39 is 35.9 Å². The lowest BCUT2D eigenvalue weighted by Crippen LogP contribution is -2.39. The van der Waals surface area contributed by atoms with Gasteiger partial charge in [0.25, 0.3) is 0 Å². The van der Waals surface area contributed by atoms with E-state index in [0.717, 1.165) is 30.9 Å². The first-order valence-corrected chi connectivity index (χ1v) is 9.79. The van der Waals surface area contributed by atoms with E-state index in [0.29, 0.717) is 19.0 Å². The van der Waals surface area contributed by atoms with Gasteiger partial charge in [0.05, 0.1) is 17.2 Å². The maximum absolute atomic E-state index is 13.2. The van der Waals surface area contributed by atoms with E-state index in [1.165, 1.54) is 0 Å². The lowest BCUT2D eigenvalue weighted by molar-refractivity contribution is -0.138. The highest BCUT2D eigenvalue weighted by Crippen LogP contribution is 2.51. The van der Waals surface area contributed by atoms with Gasteiger partial charge in [-0.3, -0.25) is 4.84 Å². The molecular weight excluding hydrogens is 407 g/mol. The number of alkyl halides is 5. The Morgan fingerprint density at radius 2 is 1.93 bits per heavy atom. The Morgan fingerprint density at radius 1 is 1.17 bits per heavy atom. The van der Waals surface area contributed by atoms with Crippen molar-refractivity contribution in [2.75, 3.05) is 0 Å². The topological polar surface area (TPSA) is 43.4 Å². The standard InChI is InChI=1S/C21H21F5N2O2/c22-19(23)29-18-15(10-14(12-27-18)21(24,25)26)17-11-20(30-28-17)9-5-4-8-16(20)13-6-2-1-3-7-13/h1-3,6-7,10,12,16-17,19,28H,4-5,8-9,11H2/t16-,17+,20+/m0/s1. The molecule has 1 N–H and O–H groups in total. The van der Waals surface area contributed by atoms with Gasteiger partial charge < -0.3 is 4.74 Å². The van der Waals surface area contributed by atoms with Crippen LogP contribution >= 0.6 is 0 Å². The molecule has 2 aliphatic rings. The number of pyridine rings is 1. The zero-order valence-corrected chi connectivity index (χ0v) is 16.0. The van der Waals surface area contributed by atoms with E-state index in [9.17, 15) is 22.0 Å². The number of ether oxygens (including phenoxy) is 1. The van der Waals surface area contributed by atoms with Gasteiger partial charge in [0, 0.05) is 24.1 Å². The smallest absolute Gasteiger partial charge is 0.417 e. The first-order chi connectivity index (χ1) is 14.3. The number of benzene rings is 1. The third-order valence-corrected chi connectivity index (χ3v) is 5.92. The van der Waals surface area contributed by atoms with Crippen molar-refractivity contribution >= 4 is 0 Å². The van der Waals surface area contributed by atoms with Crippen LogP contribution < -0.4 is 10.2 Å². The molecule has 2 heterocycles. The van der Waals surface area contributed by atoms with Crippen molar-refractivity contribution in [3.8, 4) is 5.88 Å². The van der Waals surface area contributed by atoms with Gasteiger partial charge in [-0.15, -0.1) is 0 Å². The van der Waals surface area contributed by atoms with Crippen molar-refractivity contribution in [3.05, 3.63) is 59.3 Å². The first kappa shape index (κ1) is 21.0. The van der Waals surface area contributed by atoms with Crippen LogP contribution in [-0.4, -0.2) is 17.2 Å². The molecule has 162 valence electrons. The molecular formula is C21H21F5N2O2. The van der Waals surface area contributed by atoms with Crippen LogP contribution in [-0.2, 0) is 11.0 Å². The second-order valence-electron chi connectivity index (χ2n) is 7.75. The van der Waals surface area contributed by atoms with Gasteiger partial charge in [0.15, 0.2) is 0 Å². The summed E-state index contributed by atoms with van der Waals surface area (Å²) in [5.74, 6) is -0.480. The second kappa shape index (κ2) is 8.11. The Kier molecular flexibility index (Phi) is 5.67. The van der Waals surface area contributed by atoms with E-state index in [1.54, 1.807) is 0 Å². The van der Waals surface area contributed by atoms with E-state index in [-0.39, 0.29) is 11.5 Å². The first-order valence-electron chi connectivity index (χ1n) is 9.79. The summed E-state index contributed by atoms with van der Waals surface area (Å²) < 4.78 is 69.6. The van der Waals surface area contributed by atoms with Crippen molar-refractivity contribution in [1.29, 1.82) is 0 Å². The molecule has 4 nitrogen and oxygen atoms in total. The van der Waals surface area contributed by atoms with Crippen LogP contribution in [0.1, 0.15) is 60.8 Å². The fourth-order valence-corrected chi connectivity index (χ4v) is 4.58. The van der Waals surface area contributed by atoms with Crippen LogP contribution in [0.5, 0.6) is 5.88 Å². The molecule has 2 fully saturated rings. The Labute approximate surface area is 170 Å². The third-order valence-electron chi connectivity index (χ3n) is 5.92. The summed E-state index contributed by atoms with van der Waals surface area (Å²) in [5.41, 5.74) is 2.14. The number of rotatable bonds is 4. The average Bonchev–Trinajstić information content (AvgIpc) is 3.12. The van der Waals surface area contributed by atoms with Crippen LogP contribution in [0, 0.1) is 0 Å². The van der Waals surface area contributed by atoms with Gasteiger partial charge in [-0.1, -0.05) is 43.2 Å². The van der Waals surface area contributed by atoms with E-state index in [4.69, 9.17) is 4.84 Å². The average molecular weight is 428 g/mol. The number of hydroxylamine groups is 1. The van der Waals surface area contributed by atoms with Crippen LogP contribution in [0.15, 0.2) is 42.6 Å². The minimum absolute atomic E-state index is 0.0446. The maximum atomic E-state index is 13.2. The zero-order valence-electron chi connectivity index (χ0n) is 16.0. The number of hydrogen-bond donors (Lipinski definition) is 1. The zero-order chi connectivity index (χ0) is 21.4. The number of hydrogen-bond acceptors (Lipinski definition) is 4. The predicted molar refractivity (Wildman–Crippen MR) is 97.8 cm³/mol. The van der Waals surface area contributed by atoms with E-state index in [2.05, 4.69) is 15.2 Å². The van der Waals surface area contributed by atoms with Gasteiger partial charge in [-0.25, -0.2) is 4.98 Å². The van der Waals surface area contributed by atoms with Crippen molar-refractivity contribution in [3.63, 3.8) is 0 Å². The molecule has 1 aliphatic heterocycles. The number of aromatic nitrogens is 1. The van der Waals surface area contributed by atoms with Crippen LogP contribution in [0.2, 0.25) is 0 Å². The Hall–Kier alpha value is -2.26. The molecule has 4 rings (SSSR count). The summed E-state index contributed by atoms with van der Waals surface area (Å²) in [6, 6.07) is 9.85. The molecule has 1 saturated carbocycles. The highest BCUT2D eigenvalue weighted by molar-refractivity contribution is 5.36. The van der Waals surface area contributed by atoms with Gasteiger partial charge in [0.1, 0.15) is 0 Å². The third kappa shape index (κ3) is 4.13. The highest BCUT2D eigenvalue weighted by Gasteiger charge is 2.50. The predicted octanol–water partition coefficient (Wildman–Crippen LogP) is 5.76. The number of nitrogens with one attached hydrogen (secondary N) is 1. The van der Waals surface area contributed by atoms with Crippen molar-refractivity contribution in [2.45, 2.75) is 62.5 Å². The molecule has 9 heteroatoms. The molecule has 30 heavy (non-hydrogen) atoms. The summed E-state index contributed by atoms with van der Waals surface area (Å²) in [7, 11) is 0. The van der Waals surface area contributed by atoms with Gasteiger partial charge in [-0.2, -0.15) is 27.4 Å². The molecule has 1 aliphatic carbocycles. The van der Waals surface area contributed by atoms with Crippen molar-refractivity contribution in [2.24, 2.45) is 0 Å². The normalized spacial score (nSPS) is 27.0. The van der Waals surface area contributed by atoms with Crippen LogP contribution in [0.25, 0.3) is 0 Å². The SMILES string of the molecule is FC(F)Oc1ncc(C(F)(F)F)cc1[C@H]1C[C@@]2(CCCC[C@H]2c2ccccc2)ON1. The molecule has 1 spiro atoms. The summed E-state index contributed by atoms with van der Waals surface area (Å²) >= 11 is 0. The van der Waals surface area contributed by atoms with Gasteiger partial charge in [0.2, 0.25) is 5.88 Å². The van der Waals surface area contributed by atoms with Crippen LogP contribution in [0.3, 0.4) is 0 Å². The molecule has 2 aromatic rings. The molecule has 1 aromatic heterocycles. The quantitative estimate of drug-likeness (QED) is 0.629. The van der Waals surface area contributed by atoms with Crippen molar-refractivity contribution < 1.29 is 31.5 Å². The summed E-state index contributed by atoms with van der Waals surface area (Å²) in [6.07, 6.45) is -0.304. The lowest BCUT2D eigenvalue weighted by atomic mass is 9.69. The second-order valence-corrected chi connectivity index (χ2v) is 7.75. The Bertz CT molecular complexity index is 877. The molecule has 0 bridgehead atoms. The molecule has 1 saturated heterocycles. The van der Waals surface area contributed by atoms with E-state index >= 15 is 0 Å². The van der Waals surface area contributed by atoms with Crippen molar-refractivity contribution in [1.82, 2.24) is 10.5 Å². The minimum atomic E-state index is -4.65. The monoisotopic (exact) mass is 428 g/mol. The van der Waals surface area contributed by atoms with Gasteiger partial charge in [-0.05, 0) is 24.5 Å². The van der Waals surface area contributed by atoms with Crippen LogP contribution in [0.4, 0.5) is 22.0 Å². The molecule has 1 aromatic carbocycles. The molecule has 0 unspecified atom stereocenters. The fraction of sp³-hybridized carbons (Fsp3) is 0.476. The molecule has 0 amide bonds.